The largest absolute Gasteiger partial charge is 0.517 e. The van der Waals surface area contributed by atoms with E-state index < -0.39 is 67.5 Å². The molecule has 14 heteroatoms. The number of allylic oxidation sites excluding steroid dienone is 2. The Morgan fingerprint density at radius 3 is 2.17 bits per heavy atom. The summed E-state index contributed by atoms with van der Waals surface area (Å²) in [4.78, 5) is 26.2. The quantitative estimate of drug-likeness (QED) is 0.459. The van der Waals surface area contributed by atoms with Gasteiger partial charge in [-0.15, -0.1) is 0 Å². The minimum atomic E-state index is -6.37. The minimum absolute atomic E-state index is 0.190. The average molecular weight is 553 g/mol. The second-order valence-electron chi connectivity index (χ2n) is 7.40. The molecule has 184 valence electrons. The summed E-state index contributed by atoms with van der Waals surface area (Å²) in [5, 5.41) is -0.380. The number of ketones is 1. The van der Waals surface area contributed by atoms with Crippen molar-refractivity contribution in [1.82, 2.24) is 4.31 Å². The molecule has 1 aliphatic carbocycles. The van der Waals surface area contributed by atoms with Gasteiger partial charge in [0.05, 0.1) is 34.4 Å². The summed E-state index contributed by atoms with van der Waals surface area (Å²) in [5.41, 5.74) is -8.05. The number of para-hydroxylation sites is 1. The van der Waals surface area contributed by atoms with Gasteiger partial charge in [0.15, 0.2) is 5.78 Å². The number of carbonyl (C=O) groups excluding carboxylic acids is 2. The molecule has 1 heterocycles. The van der Waals surface area contributed by atoms with E-state index in [-0.39, 0.29) is 26.9 Å². The first-order chi connectivity index (χ1) is 16.2. The summed E-state index contributed by atoms with van der Waals surface area (Å²) in [6.07, 6.45) is -0.0114. The standard InChI is InChI=1S/C21H11Cl2F5N2O4S/c22-15-2-1-3-16(23)19(15)29-9-14-13(12-5-4-10(24)6-17(12)25)7-11(31)8-18(14)30(20(29)32)35(33,34)21(26,27)28/h1-7H,8-9H2. The third kappa shape index (κ3) is 4.19. The van der Waals surface area contributed by atoms with Crippen molar-refractivity contribution >= 4 is 56.3 Å². The number of halogens is 7. The van der Waals surface area contributed by atoms with Crippen LogP contribution in [-0.2, 0) is 14.8 Å². The number of amides is 2. The maximum Gasteiger partial charge on any atom is 0.517 e. The Hall–Kier alpha value is -2.96. The lowest BCUT2D eigenvalue weighted by molar-refractivity contribution is -0.114. The zero-order valence-electron chi connectivity index (χ0n) is 17.0. The van der Waals surface area contributed by atoms with Crippen LogP contribution in [0.25, 0.3) is 5.57 Å². The molecule has 0 aromatic heterocycles. The Bertz CT molecular complexity index is 1430. The topological polar surface area (TPSA) is 74.8 Å². The molecule has 2 amide bonds. The van der Waals surface area contributed by atoms with Crippen molar-refractivity contribution in [3.63, 3.8) is 0 Å². The van der Waals surface area contributed by atoms with Crippen molar-refractivity contribution in [2.45, 2.75) is 11.9 Å². The zero-order chi connectivity index (χ0) is 25.9. The highest BCUT2D eigenvalue weighted by Gasteiger charge is 2.56. The van der Waals surface area contributed by atoms with E-state index >= 15 is 0 Å². The van der Waals surface area contributed by atoms with Crippen LogP contribution in [0.3, 0.4) is 0 Å². The van der Waals surface area contributed by atoms with Crippen molar-refractivity contribution in [1.29, 1.82) is 0 Å². The van der Waals surface area contributed by atoms with E-state index in [0.717, 1.165) is 18.2 Å². The number of anilines is 1. The van der Waals surface area contributed by atoms with Crippen LogP contribution in [0.1, 0.15) is 12.0 Å². The molecule has 6 nitrogen and oxygen atoms in total. The van der Waals surface area contributed by atoms with E-state index in [1.807, 2.05) is 0 Å². The lowest BCUT2D eigenvalue weighted by Crippen LogP contribution is -2.55. The van der Waals surface area contributed by atoms with Crippen molar-refractivity contribution in [2.75, 3.05) is 11.4 Å². The number of carbonyl (C=O) groups is 2. The van der Waals surface area contributed by atoms with E-state index in [0.29, 0.717) is 11.0 Å². The molecule has 2 aromatic carbocycles. The molecule has 2 aliphatic rings. The van der Waals surface area contributed by atoms with Crippen LogP contribution in [0.15, 0.2) is 53.7 Å². The molecule has 4 rings (SSSR count). The smallest absolute Gasteiger partial charge is 0.294 e. The molecular weight excluding hydrogens is 542 g/mol. The highest BCUT2D eigenvalue weighted by Crippen LogP contribution is 2.45. The number of hydrogen-bond acceptors (Lipinski definition) is 4. The molecule has 0 bridgehead atoms. The molecule has 0 radical (unpaired) electrons. The fraction of sp³-hybridized carbons (Fsp3) is 0.143. The maximum atomic E-state index is 14.6. The first kappa shape index (κ1) is 25.1. The predicted molar refractivity (Wildman–Crippen MR) is 117 cm³/mol. The van der Waals surface area contributed by atoms with Gasteiger partial charge in [0.1, 0.15) is 11.6 Å². The third-order valence-corrected chi connectivity index (χ3v) is 7.30. The Kier molecular flexibility index (Phi) is 6.18. The molecule has 2 aromatic rings. The summed E-state index contributed by atoms with van der Waals surface area (Å²) >= 11 is 12.2. The predicted octanol–water partition coefficient (Wildman–Crippen LogP) is 5.67. The third-order valence-electron chi connectivity index (χ3n) is 5.25. The summed E-state index contributed by atoms with van der Waals surface area (Å²) in [6.45, 7) is -0.614. The van der Waals surface area contributed by atoms with Gasteiger partial charge >= 0.3 is 21.6 Å². The number of hydrogen-bond donors (Lipinski definition) is 0. The van der Waals surface area contributed by atoms with Crippen molar-refractivity contribution in [3.8, 4) is 0 Å². The SMILES string of the molecule is O=C1C=C(c2ccc(F)cc2F)C2=C(C1)N(S(=O)(=O)C(F)(F)F)C(=O)N(c1c(Cl)cccc1Cl)C2. The van der Waals surface area contributed by atoms with Gasteiger partial charge in [-0.1, -0.05) is 29.3 Å². The van der Waals surface area contributed by atoms with Crippen LogP contribution in [0.5, 0.6) is 0 Å². The maximum absolute atomic E-state index is 14.6. The van der Waals surface area contributed by atoms with Crippen LogP contribution in [-0.4, -0.2) is 36.6 Å². The van der Waals surface area contributed by atoms with Gasteiger partial charge in [-0.05, 0) is 35.9 Å². The van der Waals surface area contributed by atoms with Gasteiger partial charge in [0.25, 0.3) is 0 Å². The first-order valence-electron chi connectivity index (χ1n) is 9.53. The summed E-state index contributed by atoms with van der Waals surface area (Å²) in [7, 11) is -6.37. The number of benzene rings is 2. The monoisotopic (exact) mass is 552 g/mol. The number of sulfonamides is 1. The molecule has 0 saturated carbocycles. The van der Waals surface area contributed by atoms with Crippen molar-refractivity contribution in [3.05, 3.63) is 81.0 Å². The minimum Gasteiger partial charge on any atom is -0.294 e. The van der Waals surface area contributed by atoms with E-state index in [1.165, 1.54) is 18.2 Å². The van der Waals surface area contributed by atoms with Crippen LogP contribution in [0.2, 0.25) is 10.0 Å². The van der Waals surface area contributed by atoms with Crippen molar-refractivity contribution in [2.24, 2.45) is 0 Å². The van der Waals surface area contributed by atoms with Gasteiger partial charge in [0, 0.05) is 17.2 Å². The Morgan fingerprint density at radius 1 is 0.971 bits per heavy atom. The van der Waals surface area contributed by atoms with Crippen LogP contribution < -0.4 is 4.90 Å². The average Bonchev–Trinajstić information content (AvgIpc) is 2.72. The van der Waals surface area contributed by atoms with Crippen LogP contribution in [0.4, 0.5) is 32.4 Å². The number of alkyl halides is 3. The van der Waals surface area contributed by atoms with E-state index in [4.69, 9.17) is 23.2 Å². The molecular formula is C21H11Cl2F5N2O4S. The van der Waals surface area contributed by atoms with Crippen LogP contribution in [0, 0.1) is 11.6 Å². The van der Waals surface area contributed by atoms with Gasteiger partial charge in [-0.3, -0.25) is 9.69 Å². The van der Waals surface area contributed by atoms with E-state index in [2.05, 4.69) is 0 Å². The Labute approximate surface area is 204 Å². The first-order valence-corrected chi connectivity index (χ1v) is 11.7. The number of urea groups is 1. The molecule has 35 heavy (non-hydrogen) atoms. The van der Waals surface area contributed by atoms with E-state index in [1.54, 1.807) is 0 Å². The summed E-state index contributed by atoms with van der Waals surface area (Å²) in [6, 6.07) is 4.49. The van der Waals surface area contributed by atoms with E-state index in [9.17, 15) is 40.0 Å². The fourth-order valence-electron chi connectivity index (χ4n) is 3.77. The highest BCUT2D eigenvalue weighted by atomic mass is 35.5. The lowest BCUT2D eigenvalue weighted by Gasteiger charge is -2.40. The molecule has 0 N–H and O–H groups in total. The normalized spacial score (nSPS) is 17.1. The zero-order valence-corrected chi connectivity index (χ0v) is 19.4. The molecule has 0 saturated heterocycles. The van der Waals surface area contributed by atoms with Gasteiger partial charge < -0.3 is 0 Å². The van der Waals surface area contributed by atoms with Gasteiger partial charge in [-0.2, -0.15) is 25.9 Å². The molecule has 1 aliphatic heterocycles. The van der Waals surface area contributed by atoms with Crippen LogP contribution >= 0.6 is 23.2 Å². The molecule has 0 unspecified atom stereocenters. The fourth-order valence-corrected chi connectivity index (χ4v) is 5.35. The second kappa shape index (κ2) is 8.61. The van der Waals surface area contributed by atoms with Crippen molar-refractivity contribution < 1.29 is 40.0 Å². The highest BCUT2D eigenvalue weighted by molar-refractivity contribution is 7.90. The number of rotatable bonds is 3. The second-order valence-corrected chi connectivity index (χ2v) is 10.00. The summed E-state index contributed by atoms with van der Waals surface area (Å²) < 4.78 is 93.3. The van der Waals surface area contributed by atoms with Gasteiger partial charge in [0.2, 0.25) is 0 Å². The Balaban J connectivity index is 2.02. The molecule has 0 fully saturated rings. The molecule has 0 spiro atoms. The molecule has 0 atom stereocenters. The lowest BCUT2D eigenvalue weighted by atomic mass is 9.87. The van der Waals surface area contributed by atoms with Gasteiger partial charge in [-0.25, -0.2) is 13.6 Å². The summed E-state index contributed by atoms with van der Waals surface area (Å²) in [5.74, 6) is -3.03. The number of nitrogens with zero attached hydrogens (tertiary/aromatic N) is 2. The Morgan fingerprint density at radius 2 is 1.60 bits per heavy atom.